The van der Waals surface area contributed by atoms with Gasteiger partial charge in [0.2, 0.25) is 0 Å². The molecule has 2 saturated heterocycles. The van der Waals surface area contributed by atoms with E-state index in [1.165, 1.54) is 75.8 Å². The van der Waals surface area contributed by atoms with E-state index < -0.39 is 0 Å². The maximum Gasteiger partial charge on any atom is 0.119 e. The molecule has 2 aliphatic rings. The molecule has 2 fully saturated rings. The molecule has 0 saturated carbocycles. The van der Waals surface area contributed by atoms with Crippen LogP contribution in [0.3, 0.4) is 0 Å². The lowest BCUT2D eigenvalue weighted by molar-refractivity contribution is 0.220. The minimum absolute atomic E-state index is 0.441. The summed E-state index contributed by atoms with van der Waals surface area (Å²) in [6.45, 7) is 8.00. The lowest BCUT2D eigenvalue weighted by Crippen LogP contribution is -2.29. The first-order valence-corrected chi connectivity index (χ1v) is 15.9. The van der Waals surface area contributed by atoms with E-state index in [1.807, 2.05) is 36.4 Å². The number of likely N-dealkylation sites (tertiary alicyclic amines) is 2. The fourth-order valence-electron chi connectivity index (χ4n) is 5.82. The smallest absolute Gasteiger partial charge is 0.119 e. The van der Waals surface area contributed by atoms with Gasteiger partial charge in [-0.05, 0) is 99.4 Å². The van der Waals surface area contributed by atoms with Crippen molar-refractivity contribution in [3.8, 4) is 17.6 Å². The highest BCUT2D eigenvalue weighted by atomic mass is 16.5. The molecule has 7 heteroatoms. The standard InChI is InChI=1S/C21H25N3O.C15H20N2O/c1-4-12-24(13-5-1)16-17-7-6-8-18(15-17)25-14-11-21-22-19-9-2-3-10-20(19)23-21;16-8-5-11-18-15-7-4-6-14(12-15)13-17-9-2-1-3-10-17/h2-3,6-10,15H,1,4-5,11-14,16H2,(H,22,23);4,6-7,12H,1-3,5,9-11,13H2. The van der Waals surface area contributed by atoms with Crippen molar-refractivity contribution < 1.29 is 9.47 Å². The average Bonchev–Trinajstić information content (AvgIpc) is 3.46. The number of imidazole rings is 1. The Kier molecular flexibility index (Phi) is 11.9. The second-order valence-electron chi connectivity index (χ2n) is 11.5. The summed E-state index contributed by atoms with van der Waals surface area (Å²) >= 11 is 0. The van der Waals surface area contributed by atoms with Crippen molar-refractivity contribution >= 4 is 11.0 Å². The van der Waals surface area contributed by atoms with Crippen LogP contribution in [-0.2, 0) is 19.5 Å². The molecule has 0 amide bonds. The summed E-state index contributed by atoms with van der Waals surface area (Å²) in [7, 11) is 0. The van der Waals surface area contributed by atoms with Gasteiger partial charge in [0, 0.05) is 19.5 Å². The minimum Gasteiger partial charge on any atom is -0.493 e. The van der Waals surface area contributed by atoms with E-state index in [1.54, 1.807) is 0 Å². The van der Waals surface area contributed by atoms with Crippen LogP contribution < -0.4 is 9.47 Å². The molecule has 0 atom stereocenters. The molecule has 0 aliphatic carbocycles. The fraction of sp³-hybridized carbons (Fsp3) is 0.444. The van der Waals surface area contributed by atoms with Gasteiger partial charge in [0.1, 0.15) is 23.9 Å². The zero-order chi connectivity index (χ0) is 29.5. The third-order valence-electron chi connectivity index (χ3n) is 8.04. The Morgan fingerprint density at radius 2 is 1.28 bits per heavy atom. The van der Waals surface area contributed by atoms with Crippen molar-refractivity contribution in [2.24, 2.45) is 0 Å². The van der Waals surface area contributed by atoms with Crippen LogP contribution in [0.1, 0.15) is 61.9 Å². The fourth-order valence-corrected chi connectivity index (χ4v) is 5.82. The summed E-state index contributed by atoms with van der Waals surface area (Å²) < 4.78 is 11.5. The van der Waals surface area contributed by atoms with Crippen molar-refractivity contribution in [2.45, 2.75) is 64.5 Å². The van der Waals surface area contributed by atoms with Crippen LogP contribution in [0.4, 0.5) is 0 Å². The van der Waals surface area contributed by atoms with Gasteiger partial charge in [0.05, 0.1) is 30.1 Å². The number of H-pyrrole nitrogens is 1. The van der Waals surface area contributed by atoms with Crippen molar-refractivity contribution in [1.29, 1.82) is 5.26 Å². The van der Waals surface area contributed by atoms with Crippen LogP contribution >= 0.6 is 0 Å². The molecular weight excluding hydrogens is 534 g/mol. The second kappa shape index (κ2) is 16.7. The zero-order valence-corrected chi connectivity index (χ0v) is 25.3. The van der Waals surface area contributed by atoms with Crippen LogP contribution in [0.2, 0.25) is 0 Å². The Balaban J connectivity index is 0.000000181. The Hall–Kier alpha value is -3.86. The van der Waals surface area contributed by atoms with Gasteiger partial charge in [0.25, 0.3) is 0 Å². The number of nitrogens with zero attached hydrogens (tertiary/aromatic N) is 4. The Morgan fingerprint density at radius 3 is 1.86 bits per heavy atom. The first-order valence-electron chi connectivity index (χ1n) is 15.9. The van der Waals surface area contributed by atoms with Crippen molar-refractivity contribution in [1.82, 2.24) is 19.8 Å². The van der Waals surface area contributed by atoms with E-state index in [9.17, 15) is 0 Å². The number of piperidine rings is 2. The number of hydrogen-bond donors (Lipinski definition) is 1. The number of nitrogens with one attached hydrogen (secondary N) is 1. The normalized spacial score (nSPS) is 15.8. The minimum atomic E-state index is 0.441. The van der Waals surface area contributed by atoms with E-state index in [-0.39, 0.29) is 0 Å². The van der Waals surface area contributed by atoms with E-state index in [2.05, 4.69) is 62.2 Å². The van der Waals surface area contributed by atoms with Gasteiger partial charge in [-0.15, -0.1) is 0 Å². The third kappa shape index (κ3) is 10.1. The quantitative estimate of drug-likeness (QED) is 0.190. The first kappa shape index (κ1) is 30.6. The molecule has 43 heavy (non-hydrogen) atoms. The number of aromatic amines is 1. The third-order valence-corrected chi connectivity index (χ3v) is 8.04. The zero-order valence-electron chi connectivity index (χ0n) is 25.3. The Bertz CT molecular complexity index is 1400. The van der Waals surface area contributed by atoms with Crippen molar-refractivity contribution in [2.75, 3.05) is 39.4 Å². The summed E-state index contributed by atoms with van der Waals surface area (Å²) in [5.74, 6) is 2.80. The largest absolute Gasteiger partial charge is 0.493 e. The SMILES string of the molecule is N#CCCOc1cccc(CN2CCCCC2)c1.c1cc(CN2CCCCC2)cc(OCCc2nc3ccccc3[nH]2)c1. The molecule has 2 aliphatic heterocycles. The molecule has 4 aromatic rings. The van der Waals surface area contributed by atoms with Crippen molar-refractivity contribution in [3.63, 3.8) is 0 Å². The van der Waals surface area contributed by atoms with Gasteiger partial charge in [0.15, 0.2) is 0 Å². The molecule has 0 unspecified atom stereocenters. The molecule has 1 N–H and O–H groups in total. The lowest BCUT2D eigenvalue weighted by atomic mass is 10.1. The number of rotatable bonds is 11. The molecule has 6 rings (SSSR count). The molecule has 0 bridgehead atoms. The maximum absolute atomic E-state index is 8.48. The number of ether oxygens (including phenoxy) is 2. The lowest BCUT2D eigenvalue weighted by Gasteiger charge is -2.26. The summed E-state index contributed by atoms with van der Waals surface area (Å²) in [6, 6.07) is 26.9. The average molecular weight is 580 g/mol. The first-order chi connectivity index (χ1) is 21.2. The predicted molar refractivity (Wildman–Crippen MR) is 172 cm³/mol. The Morgan fingerprint density at radius 1 is 0.698 bits per heavy atom. The number of hydrogen-bond acceptors (Lipinski definition) is 6. The summed E-state index contributed by atoms with van der Waals surface area (Å²) in [5.41, 5.74) is 4.73. The number of aromatic nitrogens is 2. The highest BCUT2D eigenvalue weighted by Gasteiger charge is 2.12. The van der Waals surface area contributed by atoms with Crippen LogP contribution in [0.5, 0.6) is 11.5 Å². The maximum atomic E-state index is 8.48. The van der Waals surface area contributed by atoms with Crippen molar-refractivity contribution in [3.05, 3.63) is 89.7 Å². The van der Waals surface area contributed by atoms with E-state index in [0.29, 0.717) is 19.6 Å². The number of fused-ring (bicyclic) bond motifs is 1. The predicted octanol–water partition coefficient (Wildman–Crippen LogP) is 7.14. The van der Waals surface area contributed by atoms with Gasteiger partial charge in [-0.25, -0.2) is 4.98 Å². The Labute approximate surface area is 256 Å². The molecule has 226 valence electrons. The molecule has 1 aromatic heterocycles. The number of para-hydroxylation sites is 2. The van der Waals surface area contributed by atoms with Crippen LogP contribution in [0, 0.1) is 11.3 Å². The van der Waals surface area contributed by atoms with Gasteiger partial charge in [-0.1, -0.05) is 49.2 Å². The molecule has 3 aromatic carbocycles. The number of benzene rings is 3. The molecule has 0 spiro atoms. The highest BCUT2D eigenvalue weighted by Crippen LogP contribution is 2.19. The molecular formula is C36H45N5O2. The van der Waals surface area contributed by atoms with Gasteiger partial charge >= 0.3 is 0 Å². The van der Waals surface area contributed by atoms with Crippen LogP contribution in [0.25, 0.3) is 11.0 Å². The van der Waals surface area contributed by atoms with Crippen LogP contribution in [-0.4, -0.2) is 59.2 Å². The topological polar surface area (TPSA) is 77.4 Å². The molecule has 0 radical (unpaired) electrons. The summed E-state index contributed by atoms with van der Waals surface area (Å²) in [6.07, 6.45) is 9.26. The van der Waals surface area contributed by atoms with Gasteiger partial charge in [-0.2, -0.15) is 5.26 Å². The second-order valence-corrected chi connectivity index (χ2v) is 11.5. The monoisotopic (exact) mass is 579 g/mol. The molecule has 7 nitrogen and oxygen atoms in total. The van der Waals surface area contributed by atoms with E-state index in [0.717, 1.165) is 47.9 Å². The van der Waals surface area contributed by atoms with E-state index in [4.69, 9.17) is 14.7 Å². The van der Waals surface area contributed by atoms with Crippen LogP contribution in [0.15, 0.2) is 72.8 Å². The van der Waals surface area contributed by atoms with Gasteiger partial charge < -0.3 is 14.5 Å². The highest BCUT2D eigenvalue weighted by molar-refractivity contribution is 5.74. The number of nitriles is 1. The molecule has 3 heterocycles. The van der Waals surface area contributed by atoms with Gasteiger partial charge in [-0.3, -0.25) is 9.80 Å². The summed E-state index contributed by atoms with van der Waals surface area (Å²) in [4.78, 5) is 13.0. The summed E-state index contributed by atoms with van der Waals surface area (Å²) in [5, 5.41) is 8.48. The van der Waals surface area contributed by atoms with E-state index >= 15 is 0 Å².